The second kappa shape index (κ2) is 20.3. The molecule has 0 aliphatic heterocycles. The molecule has 26 nitrogen and oxygen atoms in total. The first-order valence-corrected chi connectivity index (χ1v) is 23.3. The predicted octanol–water partition coefficient (Wildman–Crippen LogP) is -2.06. The van der Waals surface area contributed by atoms with Crippen LogP contribution in [0.3, 0.4) is 0 Å². The molecule has 6 aliphatic carbocycles. The number of anilines is 2. The highest BCUT2D eigenvalue weighted by Crippen LogP contribution is 2.55. The average molecular weight is 1070 g/mol. The smallest absolute Gasteiger partial charge is 0.335 e. The number of carboxylic acid groups (broad SMARTS) is 2. The van der Waals surface area contributed by atoms with Crippen LogP contribution in [0.2, 0.25) is 0 Å². The fourth-order valence-electron chi connectivity index (χ4n) is 11.6. The lowest BCUT2D eigenvalue weighted by molar-refractivity contribution is -0.165. The first-order valence-electron chi connectivity index (χ1n) is 23.3. The molecule has 10 atom stereocenters. The quantitative estimate of drug-likeness (QED) is 0.120. The van der Waals surface area contributed by atoms with Gasteiger partial charge in [0.2, 0.25) is 11.6 Å². The number of nitrogens with two attached hydrogens (primary N) is 2. The van der Waals surface area contributed by atoms with Crippen LogP contribution in [0.4, 0.5) is 11.4 Å². The molecule has 16 N–H and O–H groups in total. The maximum Gasteiger partial charge on any atom is 0.335 e. The Morgan fingerprint density at radius 3 is 1.11 bits per heavy atom. The van der Waals surface area contributed by atoms with Crippen molar-refractivity contribution in [1.29, 1.82) is 0 Å². The third-order valence-corrected chi connectivity index (χ3v) is 14.9. The molecule has 0 bridgehead atoms. The van der Waals surface area contributed by atoms with Crippen molar-refractivity contribution in [1.82, 2.24) is 9.80 Å². The first-order chi connectivity index (χ1) is 35.1. The van der Waals surface area contributed by atoms with E-state index in [1.165, 1.54) is 21.9 Å². The highest BCUT2D eigenvalue weighted by molar-refractivity contribution is 6.25. The second-order valence-electron chi connectivity index (χ2n) is 20.2. The van der Waals surface area contributed by atoms with E-state index in [1.807, 2.05) is 38.0 Å². The van der Waals surface area contributed by atoms with Crippen LogP contribution in [-0.2, 0) is 51.2 Å². The molecule has 0 aromatic heterocycles. The van der Waals surface area contributed by atoms with Gasteiger partial charge in [0, 0.05) is 62.5 Å². The van der Waals surface area contributed by atoms with Crippen LogP contribution in [0.25, 0.3) is 11.5 Å². The van der Waals surface area contributed by atoms with E-state index in [2.05, 4.69) is 0 Å². The number of carboxylic acids is 2. The molecular formula is C50H60N6O20. The molecule has 0 saturated heterocycles. The van der Waals surface area contributed by atoms with Crippen LogP contribution in [0.5, 0.6) is 11.5 Å². The molecule has 2 saturated carbocycles. The molecule has 8 rings (SSSR count). The highest BCUT2D eigenvalue weighted by Gasteiger charge is 2.66. The summed E-state index contributed by atoms with van der Waals surface area (Å²) >= 11 is 0. The number of carbonyl (C=O) groups is 8. The van der Waals surface area contributed by atoms with E-state index in [0.717, 1.165) is 11.4 Å². The van der Waals surface area contributed by atoms with Crippen molar-refractivity contribution in [2.75, 3.05) is 66.2 Å². The number of ketones is 4. The summed E-state index contributed by atoms with van der Waals surface area (Å²) < 4.78 is 0. The molecule has 0 heterocycles. The number of likely N-dealkylation sites (N-methyl/N-ethyl adjacent to an activating group) is 2. The van der Waals surface area contributed by atoms with Gasteiger partial charge in [-0.15, -0.1) is 0 Å². The minimum atomic E-state index is -2.63. The Kier molecular flexibility index (Phi) is 15.4. The number of hydrogen-bond acceptors (Lipinski definition) is 22. The Balaban J connectivity index is 0.000000210. The Morgan fingerprint density at radius 2 is 0.855 bits per heavy atom. The third kappa shape index (κ3) is 8.84. The van der Waals surface area contributed by atoms with Crippen LogP contribution in [0, 0.1) is 23.7 Å². The van der Waals surface area contributed by atoms with Crippen molar-refractivity contribution in [2.45, 2.75) is 61.2 Å². The molecule has 2 fully saturated rings. The number of hydrogen-bond donors (Lipinski definition) is 14. The molecular weight excluding hydrogens is 1000 g/mol. The number of phenolic OH excluding ortho intramolecular Hbond substituents is 2. The lowest BCUT2D eigenvalue weighted by Crippen LogP contribution is -2.65. The van der Waals surface area contributed by atoms with Crippen LogP contribution in [0.15, 0.2) is 58.1 Å². The van der Waals surface area contributed by atoms with Crippen LogP contribution in [-0.4, -0.2) is 210 Å². The zero-order valence-electron chi connectivity index (χ0n) is 42.3. The van der Waals surface area contributed by atoms with E-state index < -0.39 is 140 Å². The SMILES string of the molecule is CN(C)c1ccc(O)c2c1C[C@H]1C[C@H]3[C@H](N(C)C)C(=O)C(C(N)=O)=C(O)[C@@]3(O)C(=O)C1=C2O.CN(C)c1ccc(O)c2c1C[C@H]1C[C@H]3[C@H](N(C)C)C(=O)C(C(N)=O)=C(O)[C@@]3(O)C(=O)C1=C2O.O=C(O)C(O)C(O)C(=O)O. The van der Waals surface area contributed by atoms with Crippen LogP contribution in [0.1, 0.15) is 35.1 Å². The minimum absolute atomic E-state index is 0.0638. The Morgan fingerprint density at radius 1 is 0.553 bits per heavy atom. The zero-order valence-corrected chi connectivity index (χ0v) is 42.3. The topological polar surface area (TPSA) is 444 Å². The van der Waals surface area contributed by atoms with E-state index in [0.29, 0.717) is 11.1 Å². The number of amides is 2. The fourth-order valence-corrected chi connectivity index (χ4v) is 11.6. The van der Waals surface area contributed by atoms with Gasteiger partial charge in [0.05, 0.1) is 23.2 Å². The molecule has 2 aromatic carbocycles. The second-order valence-corrected chi connectivity index (χ2v) is 20.2. The average Bonchev–Trinajstić information content (AvgIpc) is 3.30. The summed E-state index contributed by atoms with van der Waals surface area (Å²) in [5, 5.41) is 120. The number of phenols is 2. The Bertz CT molecular complexity index is 2830. The number of primary amides is 2. The number of aliphatic hydroxyl groups is 8. The normalized spacial score (nSPS) is 27.3. The number of Topliss-reactive ketones (excluding diaryl/α,β-unsaturated/α-hetero) is 4. The van der Waals surface area contributed by atoms with Crippen molar-refractivity contribution >= 4 is 69.8 Å². The maximum atomic E-state index is 13.7. The van der Waals surface area contributed by atoms with Gasteiger partial charge in [-0.1, -0.05) is 0 Å². The molecule has 26 heteroatoms. The molecule has 410 valence electrons. The lowest BCUT2D eigenvalue weighted by Gasteiger charge is -2.50. The van der Waals surface area contributed by atoms with Gasteiger partial charge >= 0.3 is 11.9 Å². The zero-order chi connectivity index (χ0) is 57.4. The number of aliphatic carboxylic acids is 2. The molecule has 2 unspecified atom stereocenters. The number of aliphatic hydroxyl groups excluding tert-OH is 6. The Labute approximate surface area is 432 Å². The van der Waals surface area contributed by atoms with Crippen molar-refractivity contribution in [3.05, 3.63) is 80.3 Å². The summed E-state index contributed by atoms with van der Waals surface area (Å²) in [6, 6.07) is 4.02. The van der Waals surface area contributed by atoms with Gasteiger partial charge in [-0.2, -0.15) is 0 Å². The standard InChI is InChI=1S/2C23H27N3O7.C4H6O6/c2*1-25(2)12-5-6-13(27)15-10(12)7-9-8-11-17(26(3)4)19(29)16(22(24)32)21(31)23(11,33)20(30)14(9)18(15)28;5-1(3(7)8)2(6)4(9)10/h2*5-6,9,11,17,27-28,31,33H,7-8H2,1-4H3,(H2,24,32);1-2,5-6H,(H,7,8)(H,9,10)/t2*9-,11-,17-,23-;/m00./s1. The number of aromatic hydroxyl groups is 2. The summed E-state index contributed by atoms with van der Waals surface area (Å²) in [6.07, 6.45) is -3.88. The van der Waals surface area contributed by atoms with E-state index >= 15 is 0 Å². The lowest BCUT2D eigenvalue weighted by atomic mass is 9.57. The minimum Gasteiger partial charge on any atom is -0.508 e. The van der Waals surface area contributed by atoms with Crippen LogP contribution >= 0.6 is 0 Å². The van der Waals surface area contributed by atoms with Gasteiger partial charge in [-0.05, 0) is 101 Å². The van der Waals surface area contributed by atoms with Gasteiger partial charge in [0.25, 0.3) is 11.8 Å². The van der Waals surface area contributed by atoms with Gasteiger partial charge in [0.15, 0.2) is 35.0 Å². The number of rotatable bonds is 9. The first kappa shape index (κ1) is 57.4. The van der Waals surface area contributed by atoms with Gasteiger partial charge < -0.3 is 82.5 Å². The fraction of sp³-hybridized carbons (Fsp3) is 0.440. The van der Waals surface area contributed by atoms with E-state index in [-0.39, 0.29) is 59.5 Å². The molecule has 0 spiro atoms. The Hall–Kier alpha value is -7.88. The van der Waals surface area contributed by atoms with E-state index in [4.69, 9.17) is 31.9 Å². The maximum absolute atomic E-state index is 13.7. The number of carbonyl (C=O) groups excluding carboxylic acids is 6. The van der Waals surface area contributed by atoms with Crippen molar-refractivity contribution < 1.29 is 99.6 Å². The molecule has 76 heavy (non-hydrogen) atoms. The van der Waals surface area contributed by atoms with Gasteiger partial charge in [-0.25, -0.2) is 9.59 Å². The number of fused-ring (bicyclic) bond motifs is 6. The molecule has 2 amide bonds. The van der Waals surface area contributed by atoms with E-state index in [9.17, 15) is 79.2 Å². The predicted molar refractivity (Wildman–Crippen MR) is 264 cm³/mol. The monoisotopic (exact) mass is 1060 g/mol. The summed E-state index contributed by atoms with van der Waals surface area (Å²) in [6.45, 7) is 0. The van der Waals surface area contributed by atoms with E-state index in [1.54, 1.807) is 40.3 Å². The summed E-state index contributed by atoms with van der Waals surface area (Å²) in [7, 11) is 13.5. The van der Waals surface area contributed by atoms with Crippen molar-refractivity contribution in [3.63, 3.8) is 0 Å². The third-order valence-electron chi connectivity index (χ3n) is 14.9. The van der Waals surface area contributed by atoms with Crippen LogP contribution < -0.4 is 21.3 Å². The van der Waals surface area contributed by atoms with Crippen molar-refractivity contribution in [3.8, 4) is 11.5 Å². The van der Waals surface area contributed by atoms with Gasteiger partial charge in [-0.3, -0.25) is 38.6 Å². The largest absolute Gasteiger partial charge is 0.508 e. The number of nitrogens with zero attached hydrogens (tertiary/aromatic N) is 4. The highest BCUT2D eigenvalue weighted by atomic mass is 16.4. The molecule has 2 aromatic rings. The van der Waals surface area contributed by atoms with Gasteiger partial charge in [0.1, 0.15) is 45.7 Å². The molecule has 0 radical (unpaired) electrons. The summed E-state index contributed by atoms with van der Waals surface area (Å²) in [4.78, 5) is 104. The number of benzene rings is 2. The molecule has 6 aliphatic rings. The van der Waals surface area contributed by atoms with Crippen molar-refractivity contribution in [2.24, 2.45) is 35.1 Å². The summed E-state index contributed by atoms with van der Waals surface area (Å²) in [5.41, 5.74) is 6.30. The summed E-state index contributed by atoms with van der Waals surface area (Å²) in [5.74, 6) is -16.6.